The van der Waals surface area contributed by atoms with Crippen molar-refractivity contribution in [1.82, 2.24) is 9.97 Å². The maximum Gasteiger partial charge on any atom is 0.225 e. The Morgan fingerprint density at radius 2 is 1.74 bits per heavy atom. The summed E-state index contributed by atoms with van der Waals surface area (Å²) in [4.78, 5) is 9.17. The second-order valence-corrected chi connectivity index (χ2v) is 6.06. The normalized spacial score (nSPS) is 11.0. The molecule has 3 rings (SSSR count). The number of rotatable bonds is 5. The maximum absolute atomic E-state index is 6.22. The van der Waals surface area contributed by atoms with Crippen LogP contribution in [0, 0.1) is 0 Å². The van der Waals surface area contributed by atoms with Crippen LogP contribution in [0.5, 0.6) is 0 Å². The van der Waals surface area contributed by atoms with Gasteiger partial charge in [0.25, 0.3) is 0 Å². The zero-order valence-electron chi connectivity index (χ0n) is 13.2. The smallest absolute Gasteiger partial charge is 0.225 e. The lowest BCUT2D eigenvalue weighted by Gasteiger charge is -2.13. The summed E-state index contributed by atoms with van der Waals surface area (Å²) in [5, 5.41) is 8.38. The molecule has 0 amide bonds. The van der Waals surface area contributed by atoms with Gasteiger partial charge < -0.3 is 10.6 Å². The fourth-order valence-electron chi connectivity index (χ4n) is 2.35. The third-order valence-corrected chi connectivity index (χ3v) is 3.79. The van der Waals surface area contributed by atoms with E-state index < -0.39 is 0 Å². The fourth-order valence-corrected chi connectivity index (χ4v) is 2.56. The van der Waals surface area contributed by atoms with E-state index in [0.29, 0.717) is 12.5 Å². The zero-order valence-corrected chi connectivity index (χ0v) is 13.9. The molecule has 4 nitrogen and oxygen atoms in total. The number of para-hydroxylation sites is 1. The van der Waals surface area contributed by atoms with Gasteiger partial charge in [-0.25, -0.2) is 4.98 Å². The first kappa shape index (κ1) is 15.6. The number of anilines is 2. The summed E-state index contributed by atoms with van der Waals surface area (Å²) in [7, 11) is 0. The van der Waals surface area contributed by atoms with Crippen molar-refractivity contribution in [3.05, 3.63) is 59.1 Å². The van der Waals surface area contributed by atoms with Crippen molar-refractivity contribution < 1.29 is 0 Å². The molecule has 0 saturated carbocycles. The molecule has 118 valence electrons. The molecule has 1 aromatic heterocycles. The van der Waals surface area contributed by atoms with Crippen LogP contribution >= 0.6 is 11.6 Å². The molecule has 0 unspecified atom stereocenters. The Labute approximate surface area is 140 Å². The molecular formula is C18H19ClN4. The Hall–Kier alpha value is -2.33. The van der Waals surface area contributed by atoms with Crippen molar-refractivity contribution in [1.29, 1.82) is 0 Å². The number of fused-ring (bicyclic) bond motifs is 1. The van der Waals surface area contributed by atoms with Crippen LogP contribution in [0.15, 0.2) is 48.5 Å². The van der Waals surface area contributed by atoms with E-state index in [1.165, 1.54) is 0 Å². The largest absolute Gasteiger partial charge is 0.365 e. The minimum atomic E-state index is 0.271. The van der Waals surface area contributed by atoms with Crippen LogP contribution in [-0.2, 0) is 6.54 Å². The SMILES string of the molecule is CC(C)Nc1nc(NCc2ccccc2Cl)c2ccccc2n1. The summed E-state index contributed by atoms with van der Waals surface area (Å²) >= 11 is 6.22. The molecule has 0 fully saturated rings. The monoisotopic (exact) mass is 326 g/mol. The summed E-state index contributed by atoms with van der Waals surface area (Å²) in [6.45, 7) is 4.74. The number of hydrogen-bond donors (Lipinski definition) is 2. The lowest BCUT2D eigenvalue weighted by molar-refractivity contribution is 0.877. The second kappa shape index (κ2) is 6.84. The van der Waals surface area contributed by atoms with E-state index in [4.69, 9.17) is 11.6 Å². The van der Waals surface area contributed by atoms with Crippen molar-refractivity contribution in [3.63, 3.8) is 0 Å². The molecule has 0 bridgehead atoms. The number of hydrogen-bond acceptors (Lipinski definition) is 4. The zero-order chi connectivity index (χ0) is 16.2. The van der Waals surface area contributed by atoms with Gasteiger partial charge in [0.2, 0.25) is 5.95 Å². The standard InChI is InChI=1S/C18H19ClN4/c1-12(2)21-18-22-16-10-6-4-8-14(16)17(23-18)20-11-13-7-3-5-9-15(13)19/h3-10,12H,11H2,1-2H3,(H2,20,21,22,23). The topological polar surface area (TPSA) is 49.8 Å². The molecule has 0 aliphatic carbocycles. The molecule has 2 aromatic carbocycles. The first-order chi connectivity index (χ1) is 11.1. The number of aromatic nitrogens is 2. The van der Waals surface area contributed by atoms with E-state index in [-0.39, 0.29) is 6.04 Å². The lowest BCUT2D eigenvalue weighted by Crippen LogP contribution is -2.14. The molecule has 0 radical (unpaired) electrons. The van der Waals surface area contributed by atoms with Gasteiger partial charge in [-0.2, -0.15) is 4.98 Å². The molecule has 23 heavy (non-hydrogen) atoms. The van der Waals surface area contributed by atoms with Crippen molar-refractivity contribution in [3.8, 4) is 0 Å². The molecule has 0 aliphatic rings. The van der Waals surface area contributed by atoms with Crippen LogP contribution < -0.4 is 10.6 Å². The van der Waals surface area contributed by atoms with Gasteiger partial charge in [-0.15, -0.1) is 0 Å². The highest BCUT2D eigenvalue weighted by molar-refractivity contribution is 6.31. The first-order valence-electron chi connectivity index (χ1n) is 7.64. The number of nitrogens with one attached hydrogen (secondary N) is 2. The Morgan fingerprint density at radius 3 is 2.52 bits per heavy atom. The molecular weight excluding hydrogens is 308 g/mol. The fraction of sp³-hybridized carbons (Fsp3) is 0.222. The van der Waals surface area contributed by atoms with Crippen LogP contribution in [0.25, 0.3) is 10.9 Å². The highest BCUT2D eigenvalue weighted by Crippen LogP contribution is 2.23. The van der Waals surface area contributed by atoms with Gasteiger partial charge >= 0.3 is 0 Å². The Balaban J connectivity index is 1.93. The van der Waals surface area contributed by atoms with Crippen LogP contribution in [0.2, 0.25) is 5.02 Å². The average Bonchev–Trinajstić information content (AvgIpc) is 2.53. The number of nitrogens with zero attached hydrogens (tertiary/aromatic N) is 2. The van der Waals surface area contributed by atoms with E-state index >= 15 is 0 Å². The lowest BCUT2D eigenvalue weighted by atomic mass is 10.2. The molecule has 1 heterocycles. The summed E-state index contributed by atoms with van der Waals surface area (Å²) in [6.07, 6.45) is 0. The summed E-state index contributed by atoms with van der Waals surface area (Å²) < 4.78 is 0. The molecule has 2 N–H and O–H groups in total. The van der Waals surface area contributed by atoms with Crippen molar-refractivity contribution >= 4 is 34.3 Å². The molecule has 0 atom stereocenters. The van der Waals surface area contributed by atoms with Gasteiger partial charge in [-0.05, 0) is 37.6 Å². The van der Waals surface area contributed by atoms with Gasteiger partial charge in [0.15, 0.2) is 0 Å². The van der Waals surface area contributed by atoms with Crippen LogP contribution in [0.3, 0.4) is 0 Å². The summed E-state index contributed by atoms with van der Waals surface area (Å²) in [5.41, 5.74) is 1.95. The molecule has 0 spiro atoms. The number of halogens is 1. The summed E-state index contributed by atoms with van der Waals surface area (Å²) in [5.74, 6) is 1.43. The van der Waals surface area contributed by atoms with E-state index in [1.807, 2.05) is 48.5 Å². The first-order valence-corrected chi connectivity index (χ1v) is 8.02. The minimum Gasteiger partial charge on any atom is -0.365 e. The predicted octanol–water partition coefficient (Wildman–Crippen LogP) is 4.72. The quantitative estimate of drug-likeness (QED) is 0.712. The highest BCUT2D eigenvalue weighted by Gasteiger charge is 2.08. The highest BCUT2D eigenvalue weighted by atomic mass is 35.5. The van der Waals surface area contributed by atoms with Gasteiger partial charge in [-0.1, -0.05) is 41.9 Å². The molecule has 0 saturated heterocycles. The van der Waals surface area contributed by atoms with Crippen molar-refractivity contribution in [2.24, 2.45) is 0 Å². The van der Waals surface area contributed by atoms with Gasteiger partial charge in [0.1, 0.15) is 5.82 Å². The predicted molar refractivity (Wildman–Crippen MR) is 97.1 cm³/mol. The third kappa shape index (κ3) is 3.71. The second-order valence-electron chi connectivity index (χ2n) is 5.66. The van der Waals surface area contributed by atoms with Gasteiger partial charge in [-0.3, -0.25) is 0 Å². The Bertz CT molecular complexity index is 817. The number of benzene rings is 2. The van der Waals surface area contributed by atoms with E-state index in [2.05, 4.69) is 34.4 Å². The molecule has 3 aromatic rings. The third-order valence-electron chi connectivity index (χ3n) is 3.43. The average molecular weight is 327 g/mol. The summed E-state index contributed by atoms with van der Waals surface area (Å²) in [6, 6.07) is 16.0. The van der Waals surface area contributed by atoms with Crippen LogP contribution in [-0.4, -0.2) is 16.0 Å². The van der Waals surface area contributed by atoms with Gasteiger partial charge in [0, 0.05) is 23.0 Å². The Morgan fingerprint density at radius 1 is 1.00 bits per heavy atom. The van der Waals surface area contributed by atoms with Gasteiger partial charge in [0.05, 0.1) is 5.52 Å². The van der Waals surface area contributed by atoms with Crippen molar-refractivity contribution in [2.75, 3.05) is 10.6 Å². The maximum atomic E-state index is 6.22. The van der Waals surface area contributed by atoms with Crippen LogP contribution in [0.1, 0.15) is 19.4 Å². The Kier molecular flexibility index (Phi) is 4.63. The molecule has 0 aliphatic heterocycles. The molecule has 5 heteroatoms. The van der Waals surface area contributed by atoms with Crippen molar-refractivity contribution in [2.45, 2.75) is 26.4 Å². The van der Waals surface area contributed by atoms with E-state index in [9.17, 15) is 0 Å². The van der Waals surface area contributed by atoms with E-state index in [0.717, 1.165) is 27.3 Å². The van der Waals surface area contributed by atoms with Crippen LogP contribution in [0.4, 0.5) is 11.8 Å². The van der Waals surface area contributed by atoms with E-state index in [1.54, 1.807) is 0 Å². The minimum absolute atomic E-state index is 0.271.